The molecule has 1 aromatic rings. The molecule has 0 bridgehead atoms. The van der Waals surface area contributed by atoms with E-state index < -0.39 is 5.97 Å². The van der Waals surface area contributed by atoms with Crippen molar-refractivity contribution in [2.24, 2.45) is 5.41 Å². The van der Waals surface area contributed by atoms with Crippen LogP contribution in [0.25, 0.3) is 0 Å². The van der Waals surface area contributed by atoms with Crippen LogP contribution < -0.4 is 0 Å². The first-order chi connectivity index (χ1) is 6.86. The number of nitrogens with zero attached hydrogens (tertiary/aromatic N) is 1. The van der Waals surface area contributed by atoms with Crippen molar-refractivity contribution in [2.45, 2.75) is 26.9 Å². The summed E-state index contributed by atoms with van der Waals surface area (Å²) in [7, 11) is 1.58. The average Bonchev–Trinajstić information content (AvgIpc) is 2.51. The molecule has 1 atom stereocenters. The lowest BCUT2D eigenvalue weighted by Gasteiger charge is -2.27. The maximum absolute atomic E-state index is 10.7. The summed E-state index contributed by atoms with van der Waals surface area (Å²) in [5, 5.41) is 8.74. The van der Waals surface area contributed by atoms with Gasteiger partial charge in [-0.2, -0.15) is 0 Å². The van der Waals surface area contributed by atoms with Crippen LogP contribution in [-0.2, 0) is 4.74 Å². The predicted molar refractivity (Wildman–Crippen MR) is 54.8 cm³/mol. The molecule has 0 aliphatic heterocycles. The number of nitrogens with one attached hydrogen (secondary N) is 1. The lowest BCUT2D eigenvalue weighted by molar-refractivity contribution is 0.00914. The number of aromatic carboxylic acids is 1. The molecule has 0 spiro atoms. The number of carboxylic acid groups (broad SMARTS) is 1. The van der Waals surface area contributed by atoms with E-state index in [9.17, 15) is 4.79 Å². The molecule has 0 radical (unpaired) electrons. The molecule has 0 saturated heterocycles. The Morgan fingerprint density at radius 1 is 1.60 bits per heavy atom. The highest BCUT2D eigenvalue weighted by molar-refractivity contribution is 5.85. The Kier molecular flexibility index (Phi) is 3.14. The standard InChI is InChI=1S/C10H16N2O3/c1-10(2,3)7(15-4)8-11-5-6(12-8)9(13)14/h5,7H,1-4H3,(H,11,12)(H,13,14). The Labute approximate surface area is 88.5 Å². The molecule has 84 valence electrons. The van der Waals surface area contributed by atoms with E-state index in [2.05, 4.69) is 9.97 Å². The molecular formula is C10H16N2O3. The normalized spacial score (nSPS) is 13.9. The van der Waals surface area contributed by atoms with Crippen molar-refractivity contribution in [1.82, 2.24) is 9.97 Å². The highest BCUT2D eigenvalue weighted by Crippen LogP contribution is 2.33. The van der Waals surface area contributed by atoms with Crippen molar-refractivity contribution in [3.63, 3.8) is 0 Å². The molecule has 1 unspecified atom stereocenters. The number of aromatic amines is 1. The minimum atomic E-state index is -1.02. The minimum absolute atomic E-state index is 0.0799. The van der Waals surface area contributed by atoms with Crippen LogP contribution in [0.4, 0.5) is 0 Å². The number of H-pyrrole nitrogens is 1. The van der Waals surface area contributed by atoms with E-state index in [0.717, 1.165) is 0 Å². The molecule has 2 N–H and O–H groups in total. The number of carbonyl (C=O) groups is 1. The van der Waals surface area contributed by atoms with Crippen LogP contribution >= 0.6 is 0 Å². The van der Waals surface area contributed by atoms with Gasteiger partial charge >= 0.3 is 5.97 Å². The summed E-state index contributed by atoms with van der Waals surface area (Å²) >= 11 is 0. The van der Waals surface area contributed by atoms with Crippen molar-refractivity contribution in [3.05, 3.63) is 17.7 Å². The van der Waals surface area contributed by atoms with E-state index in [4.69, 9.17) is 9.84 Å². The summed E-state index contributed by atoms with van der Waals surface area (Å²) in [6.07, 6.45) is 1.06. The van der Waals surface area contributed by atoms with Crippen LogP contribution in [0.2, 0.25) is 0 Å². The fraction of sp³-hybridized carbons (Fsp3) is 0.600. The molecule has 0 amide bonds. The van der Waals surface area contributed by atoms with Crippen LogP contribution in [0, 0.1) is 5.41 Å². The Morgan fingerprint density at radius 3 is 2.53 bits per heavy atom. The molecule has 0 saturated carbocycles. The van der Waals surface area contributed by atoms with Gasteiger partial charge in [-0.3, -0.25) is 0 Å². The maximum atomic E-state index is 10.7. The summed E-state index contributed by atoms with van der Waals surface area (Å²) in [4.78, 5) is 17.4. The largest absolute Gasteiger partial charge is 0.477 e. The second-order valence-corrected chi connectivity index (χ2v) is 4.47. The van der Waals surface area contributed by atoms with Crippen LogP contribution in [0.3, 0.4) is 0 Å². The molecule has 0 fully saturated rings. The van der Waals surface area contributed by atoms with Crippen LogP contribution in [0.15, 0.2) is 6.20 Å². The van der Waals surface area contributed by atoms with Gasteiger partial charge < -0.3 is 14.8 Å². The summed E-state index contributed by atoms with van der Waals surface area (Å²) in [5.41, 5.74) is -0.0566. The molecule has 1 aromatic heterocycles. The highest BCUT2D eigenvalue weighted by atomic mass is 16.5. The highest BCUT2D eigenvalue weighted by Gasteiger charge is 2.29. The van der Waals surface area contributed by atoms with E-state index in [1.807, 2.05) is 20.8 Å². The van der Waals surface area contributed by atoms with E-state index in [1.54, 1.807) is 7.11 Å². The number of aromatic nitrogens is 2. The lowest BCUT2D eigenvalue weighted by Crippen LogP contribution is -2.21. The second kappa shape index (κ2) is 4.02. The second-order valence-electron chi connectivity index (χ2n) is 4.47. The van der Waals surface area contributed by atoms with E-state index >= 15 is 0 Å². The van der Waals surface area contributed by atoms with Gasteiger partial charge in [0.25, 0.3) is 0 Å². The fourth-order valence-electron chi connectivity index (χ4n) is 1.45. The monoisotopic (exact) mass is 212 g/mol. The van der Waals surface area contributed by atoms with Crippen molar-refractivity contribution in [2.75, 3.05) is 7.11 Å². The zero-order chi connectivity index (χ0) is 11.6. The summed E-state index contributed by atoms with van der Waals surface area (Å²) in [6.45, 7) is 6.01. The predicted octanol–water partition coefficient (Wildman–Crippen LogP) is 1.84. The van der Waals surface area contributed by atoms with Gasteiger partial charge in [-0.05, 0) is 5.41 Å². The third-order valence-electron chi connectivity index (χ3n) is 2.10. The van der Waals surface area contributed by atoms with Crippen LogP contribution in [0.5, 0.6) is 0 Å². The van der Waals surface area contributed by atoms with Crippen LogP contribution in [-0.4, -0.2) is 28.2 Å². The first-order valence-corrected chi connectivity index (χ1v) is 4.67. The summed E-state index contributed by atoms with van der Waals surface area (Å²) in [6, 6.07) is 0. The van der Waals surface area contributed by atoms with Gasteiger partial charge in [0.15, 0.2) is 0 Å². The van der Waals surface area contributed by atoms with E-state index in [1.165, 1.54) is 6.20 Å². The van der Waals surface area contributed by atoms with Crippen molar-refractivity contribution < 1.29 is 14.6 Å². The van der Waals surface area contributed by atoms with Crippen molar-refractivity contribution in [3.8, 4) is 0 Å². The molecule has 0 aliphatic rings. The van der Waals surface area contributed by atoms with Crippen LogP contribution in [0.1, 0.15) is 43.2 Å². The van der Waals surface area contributed by atoms with Gasteiger partial charge in [0.05, 0.1) is 6.20 Å². The van der Waals surface area contributed by atoms with Gasteiger partial charge in [0, 0.05) is 7.11 Å². The molecule has 5 nitrogen and oxygen atoms in total. The lowest BCUT2D eigenvalue weighted by atomic mass is 9.88. The molecule has 5 heteroatoms. The summed E-state index contributed by atoms with van der Waals surface area (Å²) < 4.78 is 5.31. The van der Waals surface area contributed by atoms with Crippen molar-refractivity contribution in [1.29, 1.82) is 0 Å². The first-order valence-electron chi connectivity index (χ1n) is 4.67. The zero-order valence-electron chi connectivity index (χ0n) is 9.37. The number of methoxy groups -OCH3 is 1. The minimum Gasteiger partial charge on any atom is -0.477 e. The molecule has 0 aromatic carbocycles. The van der Waals surface area contributed by atoms with Crippen molar-refractivity contribution >= 4 is 5.97 Å². The molecule has 0 aliphatic carbocycles. The summed E-state index contributed by atoms with van der Waals surface area (Å²) in [5.74, 6) is -0.472. The Morgan fingerprint density at radius 2 is 2.20 bits per heavy atom. The van der Waals surface area contributed by atoms with E-state index in [0.29, 0.717) is 5.82 Å². The van der Waals surface area contributed by atoms with Gasteiger partial charge in [-0.1, -0.05) is 20.8 Å². The number of ether oxygens (including phenoxy) is 1. The topological polar surface area (TPSA) is 75.2 Å². The third kappa shape index (κ3) is 2.56. The number of rotatable bonds is 3. The number of hydrogen-bond donors (Lipinski definition) is 2. The smallest absolute Gasteiger partial charge is 0.353 e. The van der Waals surface area contributed by atoms with E-state index in [-0.39, 0.29) is 17.2 Å². The van der Waals surface area contributed by atoms with Gasteiger partial charge in [0.2, 0.25) is 0 Å². The van der Waals surface area contributed by atoms with Gasteiger partial charge in [0.1, 0.15) is 17.6 Å². The number of imidazole rings is 1. The third-order valence-corrected chi connectivity index (χ3v) is 2.10. The quantitative estimate of drug-likeness (QED) is 0.801. The fourth-order valence-corrected chi connectivity index (χ4v) is 1.45. The molecule has 1 rings (SSSR count). The average molecular weight is 212 g/mol. The Bertz CT molecular complexity index is 352. The molecule has 15 heavy (non-hydrogen) atoms. The first kappa shape index (κ1) is 11.7. The number of hydrogen-bond acceptors (Lipinski definition) is 3. The maximum Gasteiger partial charge on any atom is 0.353 e. The number of carboxylic acids is 1. The zero-order valence-corrected chi connectivity index (χ0v) is 9.37. The van der Waals surface area contributed by atoms with Gasteiger partial charge in [-0.15, -0.1) is 0 Å². The molecular weight excluding hydrogens is 196 g/mol. The molecule has 1 heterocycles. The Balaban J connectivity index is 2.98. The Hall–Kier alpha value is -1.36. The SMILES string of the molecule is COC(c1ncc(C(=O)O)[nH]1)C(C)(C)C. The van der Waals surface area contributed by atoms with Gasteiger partial charge in [-0.25, -0.2) is 9.78 Å².